The monoisotopic (exact) mass is 391 g/mol. The zero-order valence-corrected chi connectivity index (χ0v) is 17.9. The lowest BCUT2D eigenvalue weighted by molar-refractivity contribution is -0.145. The topological polar surface area (TPSA) is 65.1 Å². The fourth-order valence-corrected chi connectivity index (χ4v) is 3.27. The minimum absolute atomic E-state index is 0.0681. The molecular formula is C22H33NO5. The number of carbonyl (C=O) groups excluding carboxylic acids is 2. The number of nitrogens with zero attached hydrogens (tertiary/aromatic N) is 1. The predicted octanol–water partition coefficient (Wildman–Crippen LogP) is 4.52. The molecule has 0 bridgehead atoms. The predicted molar refractivity (Wildman–Crippen MR) is 107 cm³/mol. The first-order valence-corrected chi connectivity index (χ1v) is 9.85. The van der Waals surface area contributed by atoms with Crippen molar-refractivity contribution in [2.45, 2.75) is 78.4 Å². The van der Waals surface area contributed by atoms with E-state index in [2.05, 4.69) is 0 Å². The van der Waals surface area contributed by atoms with E-state index < -0.39 is 17.4 Å². The average Bonchev–Trinajstić information content (AvgIpc) is 2.92. The maximum atomic E-state index is 12.7. The van der Waals surface area contributed by atoms with Crippen molar-refractivity contribution in [1.82, 2.24) is 4.90 Å². The van der Waals surface area contributed by atoms with Crippen molar-refractivity contribution >= 4 is 12.1 Å². The van der Waals surface area contributed by atoms with Crippen molar-refractivity contribution in [3.63, 3.8) is 0 Å². The lowest BCUT2D eigenvalue weighted by Crippen LogP contribution is -2.51. The first kappa shape index (κ1) is 22.2. The molecule has 0 N–H and O–H groups in total. The normalized spacial score (nSPS) is 19.9. The number of ether oxygens (including phenoxy) is 3. The molecule has 1 aliphatic rings. The number of esters is 1. The Hall–Kier alpha value is -2.08. The van der Waals surface area contributed by atoms with Crippen molar-refractivity contribution in [2.75, 3.05) is 6.61 Å². The quantitative estimate of drug-likeness (QED) is 0.667. The third-order valence-electron chi connectivity index (χ3n) is 4.81. The maximum absolute atomic E-state index is 12.7. The molecule has 1 heterocycles. The summed E-state index contributed by atoms with van der Waals surface area (Å²) in [5.41, 5.74) is -0.356. The summed E-state index contributed by atoms with van der Waals surface area (Å²) >= 11 is 0. The van der Waals surface area contributed by atoms with Crippen LogP contribution in [0.25, 0.3) is 0 Å². The SMILES string of the molecule is CC(CCC(=O)OCc1ccccc1)C1COC(C)(C)N1C(=O)OC(C)(C)C. The van der Waals surface area contributed by atoms with E-state index >= 15 is 0 Å². The van der Waals surface area contributed by atoms with Crippen molar-refractivity contribution in [2.24, 2.45) is 5.92 Å². The third-order valence-corrected chi connectivity index (χ3v) is 4.81. The fraction of sp³-hybridized carbons (Fsp3) is 0.636. The molecule has 0 saturated carbocycles. The van der Waals surface area contributed by atoms with Gasteiger partial charge in [0.2, 0.25) is 0 Å². The molecule has 0 aromatic heterocycles. The van der Waals surface area contributed by atoms with Gasteiger partial charge < -0.3 is 14.2 Å². The van der Waals surface area contributed by atoms with E-state index in [0.29, 0.717) is 19.4 Å². The molecule has 0 radical (unpaired) electrons. The number of hydrogen-bond donors (Lipinski definition) is 0. The molecule has 1 aliphatic heterocycles. The summed E-state index contributed by atoms with van der Waals surface area (Å²) in [5, 5.41) is 0. The molecule has 1 saturated heterocycles. The largest absolute Gasteiger partial charge is 0.461 e. The van der Waals surface area contributed by atoms with Gasteiger partial charge in [-0.25, -0.2) is 4.79 Å². The highest BCUT2D eigenvalue weighted by Gasteiger charge is 2.47. The van der Waals surface area contributed by atoms with E-state index in [1.807, 2.05) is 71.9 Å². The molecule has 28 heavy (non-hydrogen) atoms. The van der Waals surface area contributed by atoms with Gasteiger partial charge in [0.1, 0.15) is 17.9 Å². The van der Waals surface area contributed by atoms with Crippen LogP contribution in [0.2, 0.25) is 0 Å². The van der Waals surface area contributed by atoms with E-state index in [1.165, 1.54) is 0 Å². The van der Waals surface area contributed by atoms with Crippen LogP contribution in [0.15, 0.2) is 30.3 Å². The van der Waals surface area contributed by atoms with Crippen LogP contribution in [-0.4, -0.2) is 40.9 Å². The summed E-state index contributed by atoms with van der Waals surface area (Å²) in [7, 11) is 0. The number of benzene rings is 1. The highest BCUT2D eigenvalue weighted by Crippen LogP contribution is 2.34. The van der Waals surface area contributed by atoms with Crippen LogP contribution in [0.3, 0.4) is 0 Å². The number of hydrogen-bond acceptors (Lipinski definition) is 5. The second-order valence-electron chi connectivity index (χ2n) is 8.84. The van der Waals surface area contributed by atoms with E-state index in [9.17, 15) is 9.59 Å². The Labute approximate surface area is 168 Å². The van der Waals surface area contributed by atoms with E-state index in [4.69, 9.17) is 14.2 Å². The van der Waals surface area contributed by atoms with E-state index in [1.54, 1.807) is 4.90 Å². The highest BCUT2D eigenvalue weighted by atomic mass is 16.6. The standard InChI is InChI=1S/C22H33NO5/c1-16(12-13-19(24)26-14-17-10-8-7-9-11-17)18-15-27-22(5,6)23(18)20(25)28-21(2,3)4/h7-11,16,18H,12-15H2,1-6H3. The number of carbonyl (C=O) groups is 2. The molecule has 1 aromatic rings. The molecule has 6 nitrogen and oxygen atoms in total. The van der Waals surface area contributed by atoms with Crippen molar-refractivity contribution < 1.29 is 23.8 Å². The Kier molecular flexibility index (Phi) is 7.10. The van der Waals surface area contributed by atoms with Crippen molar-refractivity contribution in [1.29, 1.82) is 0 Å². The van der Waals surface area contributed by atoms with Gasteiger partial charge in [0, 0.05) is 6.42 Å². The van der Waals surface area contributed by atoms with Gasteiger partial charge >= 0.3 is 12.1 Å². The third kappa shape index (κ3) is 6.23. The second-order valence-corrected chi connectivity index (χ2v) is 8.84. The fourth-order valence-electron chi connectivity index (χ4n) is 3.27. The Morgan fingerprint density at radius 3 is 2.50 bits per heavy atom. The lowest BCUT2D eigenvalue weighted by Gasteiger charge is -2.37. The zero-order chi connectivity index (χ0) is 20.9. The summed E-state index contributed by atoms with van der Waals surface area (Å²) in [4.78, 5) is 26.5. The first-order chi connectivity index (χ1) is 13.0. The van der Waals surface area contributed by atoms with Gasteiger partial charge in [-0.05, 0) is 52.5 Å². The molecule has 2 unspecified atom stereocenters. The van der Waals surface area contributed by atoms with Crippen LogP contribution in [0.1, 0.15) is 59.9 Å². The van der Waals surface area contributed by atoms with Gasteiger partial charge in [0.05, 0.1) is 12.6 Å². The Morgan fingerprint density at radius 2 is 1.89 bits per heavy atom. The molecule has 1 aromatic carbocycles. The van der Waals surface area contributed by atoms with E-state index in [0.717, 1.165) is 5.56 Å². The molecule has 2 rings (SSSR count). The summed E-state index contributed by atoms with van der Waals surface area (Å²) < 4.78 is 16.8. The summed E-state index contributed by atoms with van der Waals surface area (Å²) in [5.74, 6) is -0.170. The second kappa shape index (κ2) is 8.95. The van der Waals surface area contributed by atoms with Gasteiger partial charge in [-0.1, -0.05) is 37.3 Å². The molecule has 0 aliphatic carbocycles. The average molecular weight is 392 g/mol. The highest BCUT2D eigenvalue weighted by molar-refractivity contribution is 5.70. The lowest BCUT2D eigenvalue weighted by atomic mass is 9.96. The molecule has 2 atom stereocenters. The number of amides is 1. The Bertz CT molecular complexity index is 665. The van der Waals surface area contributed by atoms with Gasteiger partial charge in [-0.2, -0.15) is 0 Å². The van der Waals surface area contributed by atoms with Crippen LogP contribution in [0.5, 0.6) is 0 Å². The molecule has 1 fully saturated rings. The van der Waals surface area contributed by atoms with Gasteiger partial charge in [-0.15, -0.1) is 0 Å². The number of rotatable bonds is 6. The Balaban J connectivity index is 1.89. The van der Waals surface area contributed by atoms with E-state index in [-0.39, 0.29) is 24.5 Å². The minimum atomic E-state index is -0.741. The minimum Gasteiger partial charge on any atom is -0.461 e. The van der Waals surface area contributed by atoms with Crippen LogP contribution >= 0.6 is 0 Å². The molecule has 0 spiro atoms. The maximum Gasteiger partial charge on any atom is 0.412 e. The summed E-state index contributed by atoms with van der Waals surface area (Å²) in [6, 6.07) is 9.46. The van der Waals surface area contributed by atoms with Crippen LogP contribution in [0.4, 0.5) is 4.79 Å². The Morgan fingerprint density at radius 1 is 1.25 bits per heavy atom. The summed E-state index contributed by atoms with van der Waals surface area (Å²) in [6.45, 7) is 12.0. The van der Waals surface area contributed by atoms with Crippen LogP contribution in [-0.2, 0) is 25.6 Å². The van der Waals surface area contributed by atoms with Gasteiger partial charge in [0.15, 0.2) is 0 Å². The van der Waals surface area contributed by atoms with Gasteiger partial charge in [-0.3, -0.25) is 9.69 Å². The zero-order valence-electron chi connectivity index (χ0n) is 17.9. The first-order valence-electron chi connectivity index (χ1n) is 9.85. The molecule has 6 heteroatoms. The van der Waals surface area contributed by atoms with Gasteiger partial charge in [0.25, 0.3) is 0 Å². The molecular weight excluding hydrogens is 358 g/mol. The van der Waals surface area contributed by atoms with Crippen molar-refractivity contribution in [3.8, 4) is 0 Å². The molecule has 156 valence electrons. The smallest absolute Gasteiger partial charge is 0.412 e. The van der Waals surface area contributed by atoms with Crippen molar-refractivity contribution in [3.05, 3.63) is 35.9 Å². The molecule has 1 amide bonds. The van der Waals surface area contributed by atoms with Crippen LogP contribution in [0, 0.1) is 5.92 Å². The van der Waals surface area contributed by atoms with Crippen LogP contribution < -0.4 is 0 Å². The summed E-state index contributed by atoms with van der Waals surface area (Å²) in [6.07, 6.45) is 0.517.